The molecule has 0 aliphatic carbocycles. The number of hydrogen-bond acceptors (Lipinski definition) is 4. The van der Waals surface area contributed by atoms with Gasteiger partial charge in [0.05, 0.1) is 25.6 Å². The summed E-state index contributed by atoms with van der Waals surface area (Å²) in [6, 6.07) is 11.2. The first-order valence-corrected chi connectivity index (χ1v) is 9.26. The molecule has 1 atom stereocenters. The minimum Gasteiger partial charge on any atom is -0.495 e. The zero-order chi connectivity index (χ0) is 20.1. The highest BCUT2D eigenvalue weighted by molar-refractivity contribution is 6.31. The van der Waals surface area contributed by atoms with E-state index in [2.05, 4.69) is 10.6 Å². The molecule has 1 aliphatic rings. The molecule has 8 heteroatoms. The van der Waals surface area contributed by atoms with Crippen molar-refractivity contribution in [2.24, 2.45) is 0 Å². The Morgan fingerprint density at radius 2 is 1.75 bits per heavy atom. The van der Waals surface area contributed by atoms with Crippen LogP contribution >= 0.6 is 11.6 Å². The van der Waals surface area contributed by atoms with Gasteiger partial charge in [-0.2, -0.15) is 0 Å². The molecule has 1 aliphatic heterocycles. The van der Waals surface area contributed by atoms with Crippen LogP contribution in [-0.2, 0) is 4.79 Å². The molecule has 0 aromatic heterocycles. The zero-order valence-corrected chi connectivity index (χ0v) is 16.5. The van der Waals surface area contributed by atoms with E-state index >= 15 is 0 Å². The van der Waals surface area contributed by atoms with Crippen LogP contribution in [0.3, 0.4) is 0 Å². The molecule has 2 N–H and O–H groups in total. The Hall–Kier alpha value is -2.93. The van der Waals surface area contributed by atoms with E-state index in [1.54, 1.807) is 36.4 Å². The van der Waals surface area contributed by atoms with Crippen LogP contribution < -0.4 is 20.1 Å². The predicted octanol–water partition coefficient (Wildman–Crippen LogP) is 3.99. The average molecular weight is 404 g/mol. The smallest absolute Gasteiger partial charge is 0.322 e. The highest BCUT2D eigenvalue weighted by Gasteiger charge is 2.34. The number of benzene rings is 2. The van der Waals surface area contributed by atoms with Crippen LogP contribution in [-0.4, -0.2) is 43.6 Å². The van der Waals surface area contributed by atoms with Crippen LogP contribution in [0.1, 0.15) is 12.8 Å². The molecule has 28 heavy (non-hydrogen) atoms. The molecule has 7 nitrogen and oxygen atoms in total. The molecule has 2 aromatic carbocycles. The number of halogens is 1. The quantitative estimate of drug-likeness (QED) is 0.791. The lowest BCUT2D eigenvalue weighted by Gasteiger charge is -2.25. The van der Waals surface area contributed by atoms with Gasteiger partial charge in [-0.15, -0.1) is 0 Å². The lowest BCUT2D eigenvalue weighted by atomic mass is 10.2. The number of carbonyl (C=O) groups is 2. The number of hydrogen-bond donors (Lipinski definition) is 2. The van der Waals surface area contributed by atoms with Gasteiger partial charge < -0.3 is 25.0 Å². The lowest BCUT2D eigenvalue weighted by molar-refractivity contribution is -0.119. The van der Waals surface area contributed by atoms with E-state index in [-0.39, 0.29) is 11.9 Å². The molecule has 0 saturated carbocycles. The molecule has 148 valence electrons. The highest BCUT2D eigenvalue weighted by Crippen LogP contribution is 2.29. The fraction of sp³-hybridized carbons (Fsp3) is 0.300. The maximum absolute atomic E-state index is 12.8. The van der Waals surface area contributed by atoms with Crippen molar-refractivity contribution in [3.05, 3.63) is 47.5 Å². The van der Waals surface area contributed by atoms with Gasteiger partial charge in [0.1, 0.15) is 17.5 Å². The molecule has 0 radical (unpaired) electrons. The molecule has 1 saturated heterocycles. The summed E-state index contributed by atoms with van der Waals surface area (Å²) in [4.78, 5) is 27.1. The third kappa shape index (κ3) is 4.31. The predicted molar refractivity (Wildman–Crippen MR) is 108 cm³/mol. The van der Waals surface area contributed by atoms with Gasteiger partial charge >= 0.3 is 6.03 Å². The number of carbonyl (C=O) groups excluding carboxylic acids is 2. The van der Waals surface area contributed by atoms with Crippen LogP contribution in [0.2, 0.25) is 5.02 Å². The molecule has 1 fully saturated rings. The second-order valence-electron chi connectivity index (χ2n) is 6.32. The minimum absolute atomic E-state index is 0.284. The summed E-state index contributed by atoms with van der Waals surface area (Å²) in [5, 5.41) is 6.12. The van der Waals surface area contributed by atoms with E-state index in [1.807, 2.05) is 6.07 Å². The molecule has 3 rings (SSSR count). The Labute approximate surface area is 168 Å². The standard InChI is InChI=1S/C20H22ClN3O4/c1-27-17-8-4-3-6-14(17)23-20(26)24-11-5-7-16(24)19(25)22-15-12-13(21)9-10-18(15)28-2/h3-4,6,8-10,12,16H,5,7,11H2,1-2H3,(H,22,25)(H,23,26)/t16-/m1/s1. The van der Waals surface area contributed by atoms with E-state index in [9.17, 15) is 9.59 Å². The number of methoxy groups -OCH3 is 2. The minimum atomic E-state index is -0.585. The average Bonchev–Trinajstić information content (AvgIpc) is 3.19. The number of nitrogens with zero attached hydrogens (tertiary/aromatic N) is 1. The van der Waals surface area contributed by atoms with Crippen molar-refractivity contribution in [2.45, 2.75) is 18.9 Å². The fourth-order valence-electron chi connectivity index (χ4n) is 3.21. The number of nitrogens with one attached hydrogen (secondary N) is 2. The van der Waals surface area contributed by atoms with Gasteiger partial charge in [-0.25, -0.2) is 4.79 Å². The van der Waals surface area contributed by atoms with Gasteiger partial charge in [-0.1, -0.05) is 23.7 Å². The lowest BCUT2D eigenvalue weighted by Crippen LogP contribution is -2.45. The third-order valence-electron chi connectivity index (χ3n) is 4.58. The first kappa shape index (κ1) is 19.8. The summed E-state index contributed by atoms with van der Waals surface area (Å²) >= 11 is 6.02. The summed E-state index contributed by atoms with van der Waals surface area (Å²) in [5.41, 5.74) is 1.02. The SMILES string of the molecule is COc1ccc(Cl)cc1NC(=O)[C@H]1CCCN1C(=O)Nc1ccccc1OC. The fourth-order valence-corrected chi connectivity index (χ4v) is 3.38. The number of likely N-dealkylation sites (tertiary alicyclic amines) is 1. The Morgan fingerprint density at radius 3 is 2.50 bits per heavy atom. The number of ether oxygens (including phenoxy) is 2. The molecule has 0 bridgehead atoms. The van der Waals surface area contributed by atoms with Gasteiger partial charge in [-0.3, -0.25) is 4.79 Å². The van der Waals surface area contributed by atoms with Crippen molar-refractivity contribution < 1.29 is 19.1 Å². The first-order valence-electron chi connectivity index (χ1n) is 8.88. The van der Waals surface area contributed by atoms with Gasteiger partial charge in [0.15, 0.2) is 0 Å². The largest absolute Gasteiger partial charge is 0.495 e. The van der Waals surface area contributed by atoms with Crippen molar-refractivity contribution in [1.29, 1.82) is 0 Å². The Kier molecular flexibility index (Phi) is 6.26. The second kappa shape index (κ2) is 8.84. The summed E-state index contributed by atoms with van der Waals surface area (Å²) in [7, 11) is 3.05. The van der Waals surface area contributed by atoms with Crippen molar-refractivity contribution in [3.8, 4) is 11.5 Å². The van der Waals surface area contributed by atoms with E-state index in [0.29, 0.717) is 40.9 Å². The normalized spacial score (nSPS) is 15.8. The maximum Gasteiger partial charge on any atom is 0.322 e. The summed E-state index contributed by atoms with van der Waals surface area (Å²) < 4.78 is 10.5. The van der Waals surface area contributed by atoms with Gasteiger partial charge in [-0.05, 0) is 43.2 Å². The Balaban J connectivity index is 1.72. The molecular formula is C20H22ClN3O4. The van der Waals surface area contributed by atoms with Gasteiger partial charge in [0, 0.05) is 11.6 Å². The molecule has 3 amide bonds. The zero-order valence-electron chi connectivity index (χ0n) is 15.7. The van der Waals surface area contributed by atoms with Gasteiger partial charge in [0.2, 0.25) is 5.91 Å². The van der Waals surface area contributed by atoms with Crippen LogP contribution in [0, 0.1) is 0 Å². The number of para-hydroxylation sites is 2. The van der Waals surface area contributed by atoms with Crippen LogP contribution in [0.4, 0.5) is 16.2 Å². The topological polar surface area (TPSA) is 79.9 Å². The molecule has 0 spiro atoms. The van der Waals surface area contributed by atoms with E-state index in [0.717, 1.165) is 6.42 Å². The Bertz CT molecular complexity index is 874. The molecule has 0 unspecified atom stereocenters. The van der Waals surface area contributed by atoms with Crippen LogP contribution in [0.15, 0.2) is 42.5 Å². The van der Waals surface area contributed by atoms with Crippen LogP contribution in [0.25, 0.3) is 0 Å². The van der Waals surface area contributed by atoms with Crippen molar-refractivity contribution in [2.75, 3.05) is 31.4 Å². The summed E-state index contributed by atoms with van der Waals surface area (Å²) in [6.07, 6.45) is 1.32. The number of amides is 3. The second-order valence-corrected chi connectivity index (χ2v) is 6.75. The Morgan fingerprint density at radius 1 is 1.04 bits per heavy atom. The maximum atomic E-state index is 12.8. The third-order valence-corrected chi connectivity index (χ3v) is 4.82. The van der Waals surface area contributed by atoms with Gasteiger partial charge in [0.25, 0.3) is 0 Å². The summed E-state index contributed by atoms with van der Waals surface area (Å²) in [5.74, 6) is 0.772. The van der Waals surface area contributed by atoms with Crippen molar-refractivity contribution in [3.63, 3.8) is 0 Å². The number of urea groups is 1. The van der Waals surface area contributed by atoms with Crippen molar-refractivity contribution >= 4 is 34.9 Å². The molecular weight excluding hydrogens is 382 g/mol. The first-order chi connectivity index (χ1) is 13.5. The number of rotatable bonds is 5. The number of anilines is 2. The van der Waals surface area contributed by atoms with E-state index < -0.39 is 6.04 Å². The molecule has 2 aromatic rings. The van der Waals surface area contributed by atoms with E-state index in [4.69, 9.17) is 21.1 Å². The monoisotopic (exact) mass is 403 g/mol. The van der Waals surface area contributed by atoms with E-state index in [1.165, 1.54) is 19.1 Å². The summed E-state index contributed by atoms with van der Waals surface area (Å²) in [6.45, 7) is 0.492. The molecule has 1 heterocycles. The van der Waals surface area contributed by atoms with Crippen molar-refractivity contribution in [1.82, 2.24) is 4.90 Å². The highest BCUT2D eigenvalue weighted by atomic mass is 35.5. The van der Waals surface area contributed by atoms with Crippen LogP contribution in [0.5, 0.6) is 11.5 Å².